The molecule has 6 heteroatoms. The standard InChI is InChI=1S/C18H24N2O3S/c1-12-9-13(2)18(14(3)10-12)24(21,22)20-15(4)11-23-17-7-6-8-19-16(17)5/h6-10,15,20H,11H2,1-5H3. The molecule has 1 aromatic heterocycles. The molecule has 1 N–H and O–H groups in total. The van der Waals surface area contributed by atoms with Crippen molar-refractivity contribution in [3.63, 3.8) is 0 Å². The Kier molecular flexibility index (Phi) is 5.62. The van der Waals surface area contributed by atoms with Crippen LogP contribution in [0.2, 0.25) is 0 Å². The summed E-state index contributed by atoms with van der Waals surface area (Å²) in [5.74, 6) is 0.659. The van der Waals surface area contributed by atoms with Crippen molar-refractivity contribution in [2.45, 2.75) is 45.6 Å². The molecule has 0 fully saturated rings. The lowest BCUT2D eigenvalue weighted by Gasteiger charge is -2.18. The van der Waals surface area contributed by atoms with Gasteiger partial charge < -0.3 is 4.74 Å². The van der Waals surface area contributed by atoms with Crippen LogP contribution in [0, 0.1) is 27.7 Å². The van der Waals surface area contributed by atoms with Gasteiger partial charge >= 0.3 is 0 Å². The van der Waals surface area contributed by atoms with Gasteiger partial charge in [-0.1, -0.05) is 17.7 Å². The van der Waals surface area contributed by atoms with E-state index in [0.717, 1.165) is 22.4 Å². The number of pyridine rings is 1. The number of hydrogen-bond acceptors (Lipinski definition) is 4. The third-order valence-electron chi connectivity index (χ3n) is 3.68. The Morgan fingerprint density at radius 2 is 1.79 bits per heavy atom. The highest BCUT2D eigenvalue weighted by molar-refractivity contribution is 7.89. The predicted molar refractivity (Wildman–Crippen MR) is 94.9 cm³/mol. The monoisotopic (exact) mass is 348 g/mol. The molecule has 0 aliphatic rings. The van der Waals surface area contributed by atoms with Gasteiger partial charge in [-0.2, -0.15) is 0 Å². The Morgan fingerprint density at radius 1 is 1.17 bits per heavy atom. The maximum atomic E-state index is 12.7. The summed E-state index contributed by atoms with van der Waals surface area (Å²) >= 11 is 0. The summed E-state index contributed by atoms with van der Waals surface area (Å²) in [5, 5.41) is 0. The second-order valence-corrected chi connectivity index (χ2v) is 7.80. The number of aromatic nitrogens is 1. The van der Waals surface area contributed by atoms with Gasteiger partial charge in [-0.15, -0.1) is 0 Å². The van der Waals surface area contributed by atoms with Crippen molar-refractivity contribution < 1.29 is 13.2 Å². The van der Waals surface area contributed by atoms with Crippen LogP contribution in [-0.4, -0.2) is 26.1 Å². The van der Waals surface area contributed by atoms with E-state index in [1.165, 1.54) is 0 Å². The molecule has 1 aromatic carbocycles. The zero-order valence-electron chi connectivity index (χ0n) is 14.8. The maximum Gasteiger partial charge on any atom is 0.241 e. The largest absolute Gasteiger partial charge is 0.490 e. The fourth-order valence-corrected chi connectivity index (χ4v) is 4.47. The van der Waals surface area contributed by atoms with Crippen molar-refractivity contribution in [1.82, 2.24) is 9.71 Å². The zero-order valence-corrected chi connectivity index (χ0v) is 15.6. The first-order chi connectivity index (χ1) is 11.2. The van der Waals surface area contributed by atoms with Crippen LogP contribution in [0.4, 0.5) is 0 Å². The van der Waals surface area contributed by atoms with E-state index in [1.807, 2.05) is 45.9 Å². The van der Waals surface area contributed by atoms with Crippen LogP contribution in [0.1, 0.15) is 29.3 Å². The third kappa shape index (κ3) is 4.33. The van der Waals surface area contributed by atoms with Gasteiger partial charge in [-0.25, -0.2) is 13.1 Å². The summed E-state index contributed by atoms with van der Waals surface area (Å²) in [4.78, 5) is 4.49. The van der Waals surface area contributed by atoms with E-state index < -0.39 is 10.0 Å². The topological polar surface area (TPSA) is 68.3 Å². The SMILES string of the molecule is Cc1cc(C)c(S(=O)(=O)NC(C)COc2cccnc2C)c(C)c1. The Labute approximate surface area is 144 Å². The lowest BCUT2D eigenvalue weighted by Crippen LogP contribution is -2.37. The summed E-state index contributed by atoms with van der Waals surface area (Å²) < 4.78 is 33.8. The fraction of sp³-hybridized carbons (Fsp3) is 0.389. The molecular formula is C18H24N2O3S. The van der Waals surface area contributed by atoms with E-state index in [2.05, 4.69) is 9.71 Å². The number of sulfonamides is 1. The number of aryl methyl sites for hydroxylation is 4. The van der Waals surface area contributed by atoms with Gasteiger partial charge in [0.05, 0.1) is 16.6 Å². The molecule has 2 aromatic rings. The molecule has 5 nitrogen and oxygen atoms in total. The highest BCUT2D eigenvalue weighted by Gasteiger charge is 2.22. The normalized spacial score (nSPS) is 12.9. The Morgan fingerprint density at radius 3 is 2.38 bits per heavy atom. The Bertz CT molecular complexity index is 809. The number of hydrogen-bond donors (Lipinski definition) is 1. The van der Waals surface area contributed by atoms with E-state index in [1.54, 1.807) is 19.2 Å². The molecule has 24 heavy (non-hydrogen) atoms. The lowest BCUT2D eigenvalue weighted by molar-refractivity contribution is 0.284. The van der Waals surface area contributed by atoms with Crippen molar-refractivity contribution >= 4 is 10.0 Å². The molecule has 130 valence electrons. The van der Waals surface area contributed by atoms with Gasteiger partial charge in [0, 0.05) is 6.20 Å². The summed E-state index contributed by atoms with van der Waals surface area (Å²) in [5.41, 5.74) is 3.32. The third-order valence-corrected chi connectivity index (χ3v) is 5.57. The molecule has 1 heterocycles. The van der Waals surface area contributed by atoms with Crippen molar-refractivity contribution in [2.75, 3.05) is 6.61 Å². The zero-order chi connectivity index (χ0) is 17.9. The number of nitrogens with zero attached hydrogens (tertiary/aromatic N) is 1. The minimum absolute atomic E-state index is 0.232. The van der Waals surface area contributed by atoms with Crippen LogP contribution in [0.15, 0.2) is 35.4 Å². The molecule has 0 aliphatic heterocycles. The van der Waals surface area contributed by atoms with Crippen LogP contribution in [0.3, 0.4) is 0 Å². The van der Waals surface area contributed by atoms with Gasteiger partial charge in [0.2, 0.25) is 10.0 Å². The number of rotatable bonds is 6. The molecule has 0 bridgehead atoms. The van der Waals surface area contributed by atoms with Crippen LogP contribution in [-0.2, 0) is 10.0 Å². The molecule has 0 saturated carbocycles. The first-order valence-electron chi connectivity index (χ1n) is 7.85. The highest BCUT2D eigenvalue weighted by atomic mass is 32.2. The minimum Gasteiger partial charge on any atom is -0.490 e. The quantitative estimate of drug-likeness (QED) is 0.871. The Hall–Kier alpha value is -1.92. The predicted octanol–water partition coefficient (Wildman–Crippen LogP) is 3.06. The smallest absolute Gasteiger partial charge is 0.241 e. The minimum atomic E-state index is -3.60. The molecule has 1 atom stereocenters. The van der Waals surface area contributed by atoms with E-state index in [-0.39, 0.29) is 12.6 Å². The average molecular weight is 348 g/mol. The summed E-state index contributed by atoms with van der Waals surface area (Å²) in [6.07, 6.45) is 1.69. The van der Waals surface area contributed by atoms with Crippen LogP contribution < -0.4 is 9.46 Å². The molecule has 2 rings (SSSR count). The molecule has 0 amide bonds. The van der Waals surface area contributed by atoms with Crippen LogP contribution >= 0.6 is 0 Å². The number of nitrogens with one attached hydrogen (secondary N) is 1. The van der Waals surface area contributed by atoms with Gasteiger partial charge in [0.15, 0.2) is 0 Å². The maximum absolute atomic E-state index is 12.7. The van der Waals surface area contributed by atoms with Crippen molar-refractivity contribution in [3.8, 4) is 5.75 Å². The van der Waals surface area contributed by atoms with E-state index in [4.69, 9.17) is 4.74 Å². The molecule has 0 saturated heterocycles. The Balaban J connectivity index is 2.11. The van der Waals surface area contributed by atoms with Crippen molar-refractivity contribution in [1.29, 1.82) is 0 Å². The average Bonchev–Trinajstić information content (AvgIpc) is 2.44. The van der Waals surface area contributed by atoms with Gasteiger partial charge in [0.1, 0.15) is 12.4 Å². The van der Waals surface area contributed by atoms with Crippen molar-refractivity contribution in [3.05, 3.63) is 52.8 Å². The number of ether oxygens (including phenoxy) is 1. The highest BCUT2D eigenvalue weighted by Crippen LogP contribution is 2.22. The second kappa shape index (κ2) is 7.32. The van der Waals surface area contributed by atoms with E-state index >= 15 is 0 Å². The van der Waals surface area contributed by atoms with E-state index in [9.17, 15) is 8.42 Å². The lowest BCUT2D eigenvalue weighted by atomic mass is 10.1. The first kappa shape index (κ1) is 18.4. The summed E-state index contributed by atoms with van der Waals surface area (Å²) in [6, 6.07) is 6.99. The molecular weight excluding hydrogens is 324 g/mol. The molecule has 0 aliphatic carbocycles. The van der Waals surface area contributed by atoms with Crippen LogP contribution in [0.5, 0.6) is 5.75 Å². The first-order valence-corrected chi connectivity index (χ1v) is 9.33. The van der Waals surface area contributed by atoms with Gasteiger partial charge in [-0.05, 0) is 57.9 Å². The van der Waals surface area contributed by atoms with Crippen molar-refractivity contribution in [2.24, 2.45) is 0 Å². The van der Waals surface area contributed by atoms with Crippen LogP contribution in [0.25, 0.3) is 0 Å². The second-order valence-electron chi connectivity index (χ2n) is 6.15. The van der Waals surface area contributed by atoms with E-state index in [0.29, 0.717) is 10.6 Å². The van der Waals surface area contributed by atoms with Gasteiger partial charge in [0.25, 0.3) is 0 Å². The molecule has 1 unspecified atom stereocenters. The fourth-order valence-electron chi connectivity index (χ4n) is 2.79. The summed E-state index contributed by atoms with van der Waals surface area (Å²) in [6.45, 7) is 9.45. The summed E-state index contributed by atoms with van der Waals surface area (Å²) in [7, 11) is -3.60. The molecule has 0 radical (unpaired) electrons. The number of benzene rings is 1. The van der Waals surface area contributed by atoms with Gasteiger partial charge in [-0.3, -0.25) is 4.98 Å². The molecule has 0 spiro atoms.